The maximum atomic E-state index is 5.54. The summed E-state index contributed by atoms with van der Waals surface area (Å²) in [5.74, 6) is 1.02. The fourth-order valence-corrected chi connectivity index (χ4v) is 3.06. The third-order valence-corrected chi connectivity index (χ3v) is 4.73. The fourth-order valence-electron chi connectivity index (χ4n) is 3.06. The number of hydrogen-bond acceptors (Lipinski definition) is 2. The smallest absolute Gasteiger partial charge is 0.0623 e. The molecule has 0 aromatic carbocycles. The molecule has 0 spiro atoms. The van der Waals surface area contributed by atoms with E-state index in [2.05, 4.69) is 26.1 Å². The molecule has 0 aromatic rings. The van der Waals surface area contributed by atoms with Crippen molar-refractivity contribution >= 4 is 0 Å². The average molecular weight is 269 g/mol. The molecule has 1 fully saturated rings. The van der Waals surface area contributed by atoms with Crippen LogP contribution in [0.1, 0.15) is 78.6 Å². The van der Waals surface area contributed by atoms with Crippen LogP contribution in [0.15, 0.2) is 0 Å². The Morgan fingerprint density at radius 2 is 1.89 bits per heavy atom. The van der Waals surface area contributed by atoms with Gasteiger partial charge in [0.15, 0.2) is 0 Å². The lowest BCUT2D eigenvalue weighted by Crippen LogP contribution is -2.33. The topological polar surface area (TPSA) is 21.3 Å². The Balaban J connectivity index is 2.28. The number of hydrogen-bond donors (Lipinski definition) is 1. The molecule has 1 aliphatic carbocycles. The number of ether oxygens (including phenoxy) is 1. The molecule has 1 atom stereocenters. The molecule has 19 heavy (non-hydrogen) atoms. The van der Waals surface area contributed by atoms with Crippen molar-refractivity contribution in [3.63, 3.8) is 0 Å². The largest absolute Gasteiger partial charge is 0.379 e. The first kappa shape index (κ1) is 17.0. The summed E-state index contributed by atoms with van der Waals surface area (Å²) in [7, 11) is 1.83. The van der Waals surface area contributed by atoms with Gasteiger partial charge in [-0.05, 0) is 58.4 Å². The Labute approximate surface area is 120 Å². The summed E-state index contributed by atoms with van der Waals surface area (Å²) in [6, 6.07) is 0.690. The van der Waals surface area contributed by atoms with Gasteiger partial charge in [-0.2, -0.15) is 0 Å². The normalized spacial score (nSPS) is 18.9. The highest BCUT2D eigenvalue weighted by Crippen LogP contribution is 2.29. The van der Waals surface area contributed by atoms with E-state index in [0.29, 0.717) is 6.04 Å². The Morgan fingerprint density at radius 3 is 2.47 bits per heavy atom. The van der Waals surface area contributed by atoms with Crippen LogP contribution in [-0.4, -0.2) is 25.3 Å². The summed E-state index contributed by atoms with van der Waals surface area (Å²) in [6.45, 7) is 7.80. The van der Waals surface area contributed by atoms with E-state index in [-0.39, 0.29) is 5.60 Å². The molecular formula is C17H35NO. The van der Waals surface area contributed by atoms with Gasteiger partial charge in [0.25, 0.3) is 0 Å². The van der Waals surface area contributed by atoms with Gasteiger partial charge in [-0.15, -0.1) is 0 Å². The summed E-state index contributed by atoms with van der Waals surface area (Å²) >= 11 is 0. The quantitative estimate of drug-likeness (QED) is 0.629. The molecule has 1 unspecified atom stereocenters. The molecule has 0 radical (unpaired) electrons. The van der Waals surface area contributed by atoms with Crippen LogP contribution < -0.4 is 5.32 Å². The van der Waals surface area contributed by atoms with E-state index in [1.54, 1.807) is 0 Å². The van der Waals surface area contributed by atoms with Gasteiger partial charge < -0.3 is 10.1 Å². The molecule has 0 saturated heterocycles. The first-order valence-electron chi connectivity index (χ1n) is 8.36. The minimum atomic E-state index is 0.0273. The van der Waals surface area contributed by atoms with Gasteiger partial charge in [0.2, 0.25) is 0 Å². The molecule has 114 valence electrons. The molecular weight excluding hydrogens is 234 g/mol. The molecule has 1 N–H and O–H groups in total. The Bertz CT molecular complexity index is 221. The zero-order valence-electron chi connectivity index (χ0n) is 13.6. The monoisotopic (exact) mass is 269 g/mol. The standard InChI is InChI=1S/C17H35NO/c1-5-14-18-16(12-13-17(2,3)19-4)11-10-15-8-6-7-9-15/h15-16,18H,5-14H2,1-4H3. The van der Waals surface area contributed by atoms with Gasteiger partial charge in [-0.3, -0.25) is 0 Å². The minimum Gasteiger partial charge on any atom is -0.379 e. The predicted octanol–water partition coefficient (Wildman–Crippen LogP) is 4.53. The first-order chi connectivity index (χ1) is 9.07. The summed E-state index contributed by atoms with van der Waals surface area (Å²) < 4.78 is 5.54. The molecule has 2 nitrogen and oxygen atoms in total. The fraction of sp³-hybridized carbons (Fsp3) is 1.00. The van der Waals surface area contributed by atoms with Gasteiger partial charge in [0.05, 0.1) is 5.60 Å². The van der Waals surface area contributed by atoms with E-state index in [1.165, 1.54) is 51.4 Å². The van der Waals surface area contributed by atoms with Crippen LogP contribution in [0, 0.1) is 5.92 Å². The van der Waals surface area contributed by atoms with E-state index in [0.717, 1.165) is 18.9 Å². The Hall–Kier alpha value is -0.0800. The average Bonchev–Trinajstić information content (AvgIpc) is 2.91. The van der Waals surface area contributed by atoms with Crippen molar-refractivity contribution in [1.82, 2.24) is 5.32 Å². The van der Waals surface area contributed by atoms with Crippen LogP contribution in [0.25, 0.3) is 0 Å². The lowest BCUT2D eigenvalue weighted by atomic mass is 9.93. The second kappa shape index (κ2) is 8.97. The molecule has 0 aliphatic heterocycles. The zero-order valence-corrected chi connectivity index (χ0v) is 13.6. The molecule has 1 saturated carbocycles. The van der Waals surface area contributed by atoms with Crippen LogP contribution in [-0.2, 0) is 4.74 Å². The highest BCUT2D eigenvalue weighted by Gasteiger charge is 2.21. The van der Waals surface area contributed by atoms with Crippen LogP contribution in [0.4, 0.5) is 0 Å². The summed E-state index contributed by atoms with van der Waals surface area (Å²) in [5.41, 5.74) is 0.0273. The van der Waals surface area contributed by atoms with E-state index < -0.39 is 0 Å². The van der Waals surface area contributed by atoms with Crippen molar-refractivity contribution in [3.8, 4) is 0 Å². The molecule has 2 heteroatoms. The molecule has 0 heterocycles. The summed E-state index contributed by atoms with van der Waals surface area (Å²) in [6.07, 6.45) is 12.3. The van der Waals surface area contributed by atoms with Crippen LogP contribution in [0.3, 0.4) is 0 Å². The van der Waals surface area contributed by atoms with Gasteiger partial charge in [-0.1, -0.05) is 32.6 Å². The maximum absolute atomic E-state index is 5.54. The number of methoxy groups -OCH3 is 1. The second-order valence-corrected chi connectivity index (χ2v) is 6.88. The first-order valence-corrected chi connectivity index (χ1v) is 8.36. The van der Waals surface area contributed by atoms with Gasteiger partial charge in [-0.25, -0.2) is 0 Å². The third kappa shape index (κ3) is 7.31. The van der Waals surface area contributed by atoms with E-state index in [1.807, 2.05) is 7.11 Å². The maximum Gasteiger partial charge on any atom is 0.0623 e. The van der Waals surface area contributed by atoms with Crippen molar-refractivity contribution in [2.45, 2.75) is 90.2 Å². The number of nitrogens with one attached hydrogen (secondary N) is 1. The zero-order chi connectivity index (χ0) is 14.1. The predicted molar refractivity (Wildman–Crippen MR) is 83.6 cm³/mol. The van der Waals surface area contributed by atoms with Crippen LogP contribution in [0.5, 0.6) is 0 Å². The number of rotatable bonds is 10. The van der Waals surface area contributed by atoms with E-state index in [9.17, 15) is 0 Å². The molecule has 1 aliphatic rings. The minimum absolute atomic E-state index is 0.0273. The van der Waals surface area contributed by atoms with E-state index >= 15 is 0 Å². The molecule has 0 amide bonds. The Kier molecular flexibility index (Phi) is 8.01. The lowest BCUT2D eigenvalue weighted by molar-refractivity contribution is 0.0114. The molecule has 0 aromatic heterocycles. The SMILES string of the molecule is CCCNC(CCC1CCCC1)CCC(C)(C)OC. The van der Waals surface area contributed by atoms with Gasteiger partial charge in [0, 0.05) is 13.2 Å². The van der Waals surface area contributed by atoms with Crippen LogP contribution >= 0.6 is 0 Å². The van der Waals surface area contributed by atoms with Crippen molar-refractivity contribution in [2.24, 2.45) is 5.92 Å². The van der Waals surface area contributed by atoms with Crippen molar-refractivity contribution in [1.29, 1.82) is 0 Å². The van der Waals surface area contributed by atoms with Crippen molar-refractivity contribution in [2.75, 3.05) is 13.7 Å². The second-order valence-electron chi connectivity index (χ2n) is 6.88. The third-order valence-electron chi connectivity index (χ3n) is 4.73. The Morgan fingerprint density at radius 1 is 1.21 bits per heavy atom. The van der Waals surface area contributed by atoms with E-state index in [4.69, 9.17) is 4.74 Å². The molecule has 1 rings (SSSR count). The lowest BCUT2D eigenvalue weighted by Gasteiger charge is -2.27. The van der Waals surface area contributed by atoms with Crippen LogP contribution in [0.2, 0.25) is 0 Å². The highest BCUT2D eigenvalue weighted by molar-refractivity contribution is 4.77. The molecule has 0 bridgehead atoms. The highest BCUT2D eigenvalue weighted by atomic mass is 16.5. The van der Waals surface area contributed by atoms with Gasteiger partial charge in [0.1, 0.15) is 0 Å². The van der Waals surface area contributed by atoms with Crippen molar-refractivity contribution in [3.05, 3.63) is 0 Å². The van der Waals surface area contributed by atoms with Gasteiger partial charge >= 0.3 is 0 Å². The summed E-state index contributed by atoms with van der Waals surface area (Å²) in [4.78, 5) is 0. The van der Waals surface area contributed by atoms with Crippen molar-refractivity contribution < 1.29 is 4.74 Å². The summed E-state index contributed by atoms with van der Waals surface area (Å²) in [5, 5.41) is 3.73.